The molecule has 1 aliphatic carbocycles. The summed E-state index contributed by atoms with van der Waals surface area (Å²) >= 11 is 7.14. The number of fused-ring (bicyclic) bond motifs is 1. The van der Waals surface area contributed by atoms with Gasteiger partial charge in [-0.05, 0) is 31.0 Å². The minimum atomic E-state index is 0.0214. The predicted octanol–water partition coefficient (Wildman–Crippen LogP) is 1.33. The summed E-state index contributed by atoms with van der Waals surface area (Å²) in [5.41, 5.74) is 0. The van der Waals surface area contributed by atoms with Crippen LogP contribution >= 0.6 is 24.0 Å². The molecule has 0 aromatic rings. The Balaban J connectivity index is 1.81. The van der Waals surface area contributed by atoms with Crippen molar-refractivity contribution in [1.82, 2.24) is 10.2 Å². The van der Waals surface area contributed by atoms with Gasteiger partial charge in [0, 0.05) is 5.75 Å². The number of thioether (sulfide) groups is 1. The number of carbonyl (C=O) groups is 1. The molecule has 0 bridgehead atoms. The molecule has 2 saturated heterocycles. The van der Waals surface area contributed by atoms with Gasteiger partial charge in [0.05, 0.1) is 5.37 Å². The van der Waals surface area contributed by atoms with E-state index in [2.05, 4.69) is 10.2 Å². The first-order valence-corrected chi connectivity index (χ1v) is 6.98. The van der Waals surface area contributed by atoms with E-state index in [0.29, 0.717) is 10.5 Å². The third kappa shape index (κ3) is 1.47. The van der Waals surface area contributed by atoms with Crippen LogP contribution in [0, 0.1) is 5.92 Å². The molecule has 0 spiro atoms. The van der Waals surface area contributed by atoms with Gasteiger partial charge in [-0.25, -0.2) is 0 Å². The van der Waals surface area contributed by atoms with Crippen molar-refractivity contribution in [1.29, 1.82) is 0 Å². The number of nitrogens with zero attached hydrogens (tertiary/aromatic N) is 1. The number of carbonyl (C=O) groups excluding carboxylic acids is 1. The number of rotatable bonds is 1. The normalized spacial score (nSPS) is 36.1. The van der Waals surface area contributed by atoms with Crippen molar-refractivity contribution < 1.29 is 4.79 Å². The molecular formula is C10H14N2OS2. The number of hydrogen-bond donors (Lipinski definition) is 1. The second-order valence-corrected chi connectivity index (χ2v) is 6.02. The summed E-state index contributed by atoms with van der Waals surface area (Å²) in [4.78, 5) is 13.7. The minimum Gasteiger partial charge on any atom is -0.324 e. The molecule has 5 heteroatoms. The molecule has 3 aliphatic rings. The number of thiocarbonyl (C=S) groups is 1. The lowest BCUT2D eigenvalue weighted by Gasteiger charge is -2.27. The van der Waals surface area contributed by atoms with Crippen molar-refractivity contribution in [2.45, 2.75) is 37.1 Å². The van der Waals surface area contributed by atoms with Gasteiger partial charge in [-0.3, -0.25) is 4.79 Å². The summed E-state index contributed by atoms with van der Waals surface area (Å²) in [6.07, 6.45) is 5.29. The van der Waals surface area contributed by atoms with Crippen LogP contribution in [0.2, 0.25) is 0 Å². The fourth-order valence-electron chi connectivity index (χ4n) is 2.85. The van der Waals surface area contributed by atoms with Gasteiger partial charge >= 0.3 is 0 Å². The molecular weight excluding hydrogens is 228 g/mol. The molecule has 2 heterocycles. The summed E-state index contributed by atoms with van der Waals surface area (Å²) in [6.45, 7) is 0. The van der Waals surface area contributed by atoms with Crippen molar-refractivity contribution in [3.8, 4) is 0 Å². The topological polar surface area (TPSA) is 32.3 Å². The van der Waals surface area contributed by atoms with Gasteiger partial charge in [-0.1, -0.05) is 12.8 Å². The second kappa shape index (κ2) is 3.63. The zero-order chi connectivity index (χ0) is 10.4. The quantitative estimate of drug-likeness (QED) is 0.703. The summed E-state index contributed by atoms with van der Waals surface area (Å²) < 4.78 is 0. The van der Waals surface area contributed by atoms with E-state index in [1.54, 1.807) is 0 Å². The van der Waals surface area contributed by atoms with Crippen molar-refractivity contribution in [2.75, 3.05) is 5.75 Å². The van der Waals surface area contributed by atoms with Crippen LogP contribution in [0.1, 0.15) is 25.7 Å². The molecule has 3 rings (SSSR count). The second-order valence-electron chi connectivity index (χ2n) is 4.49. The van der Waals surface area contributed by atoms with Crippen LogP contribution < -0.4 is 5.32 Å². The van der Waals surface area contributed by atoms with E-state index in [4.69, 9.17) is 12.2 Å². The van der Waals surface area contributed by atoms with E-state index < -0.39 is 0 Å². The molecule has 1 unspecified atom stereocenters. The van der Waals surface area contributed by atoms with Gasteiger partial charge in [0.15, 0.2) is 5.11 Å². The van der Waals surface area contributed by atoms with E-state index in [-0.39, 0.29) is 11.9 Å². The van der Waals surface area contributed by atoms with Crippen LogP contribution in [-0.4, -0.2) is 33.1 Å². The third-order valence-electron chi connectivity index (χ3n) is 3.61. The highest BCUT2D eigenvalue weighted by atomic mass is 32.2. The van der Waals surface area contributed by atoms with Gasteiger partial charge in [0.1, 0.15) is 6.04 Å². The molecule has 1 N–H and O–H groups in total. The molecule has 2 aliphatic heterocycles. The molecule has 1 saturated carbocycles. The van der Waals surface area contributed by atoms with Crippen molar-refractivity contribution in [3.63, 3.8) is 0 Å². The van der Waals surface area contributed by atoms with Crippen LogP contribution in [0.3, 0.4) is 0 Å². The highest BCUT2D eigenvalue weighted by Crippen LogP contribution is 2.42. The SMILES string of the molecule is O=C1NC(=S)N2C(C3CCCC3)SC[C@@H]12. The molecule has 2 atom stereocenters. The number of hydrogen-bond acceptors (Lipinski definition) is 3. The third-order valence-corrected chi connectivity index (χ3v) is 5.38. The van der Waals surface area contributed by atoms with Crippen molar-refractivity contribution in [2.24, 2.45) is 5.92 Å². The molecule has 1 amide bonds. The van der Waals surface area contributed by atoms with Crippen LogP contribution in [-0.2, 0) is 4.79 Å². The van der Waals surface area contributed by atoms with Gasteiger partial charge in [0.25, 0.3) is 0 Å². The first-order chi connectivity index (χ1) is 7.27. The lowest BCUT2D eigenvalue weighted by Crippen LogP contribution is -2.39. The zero-order valence-corrected chi connectivity index (χ0v) is 10.1. The molecule has 0 aromatic carbocycles. The zero-order valence-electron chi connectivity index (χ0n) is 8.44. The van der Waals surface area contributed by atoms with Crippen LogP contribution in [0.25, 0.3) is 0 Å². The Morgan fingerprint density at radius 3 is 2.87 bits per heavy atom. The molecule has 0 aromatic heterocycles. The van der Waals surface area contributed by atoms with E-state index >= 15 is 0 Å². The Hall–Kier alpha value is -0.290. The standard InChI is InChI=1S/C10H14N2OS2/c13-8-7-5-15-9(6-3-1-2-4-6)12(7)10(14)11-8/h6-7,9H,1-5H2,(H,11,13,14)/t7-,9?/m0/s1. The monoisotopic (exact) mass is 242 g/mol. The Kier molecular flexibility index (Phi) is 2.39. The molecule has 3 nitrogen and oxygen atoms in total. The summed E-state index contributed by atoms with van der Waals surface area (Å²) in [6, 6.07) is 0.0214. The average Bonchev–Trinajstić information content (AvgIpc) is 2.88. The van der Waals surface area contributed by atoms with Crippen LogP contribution in [0.15, 0.2) is 0 Å². The van der Waals surface area contributed by atoms with E-state index in [1.807, 2.05) is 11.8 Å². The van der Waals surface area contributed by atoms with Crippen LogP contribution in [0.5, 0.6) is 0 Å². The summed E-state index contributed by atoms with van der Waals surface area (Å²) in [5, 5.41) is 3.90. The maximum atomic E-state index is 11.6. The van der Waals surface area contributed by atoms with E-state index in [0.717, 1.165) is 11.7 Å². The Bertz CT molecular complexity index is 315. The number of nitrogens with one attached hydrogen (secondary N) is 1. The first-order valence-electron chi connectivity index (χ1n) is 5.52. The summed E-state index contributed by atoms with van der Waals surface area (Å²) in [5.74, 6) is 1.76. The average molecular weight is 242 g/mol. The highest BCUT2D eigenvalue weighted by Gasteiger charge is 2.48. The van der Waals surface area contributed by atoms with Gasteiger partial charge in [0.2, 0.25) is 5.91 Å². The van der Waals surface area contributed by atoms with Gasteiger partial charge in [-0.15, -0.1) is 11.8 Å². The fraction of sp³-hybridized carbons (Fsp3) is 0.800. The molecule has 3 fully saturated rings. The van der Waals surface area contributed by atoms with E-state index in [9.17, 15) is 4.79 Å². The first kappa shape index (κ1) is 9.90. The fourth-order valence-corrected chi connectivity index (χ4v) is 4.90. The molecule has 82 valence electrons. The van der Waals surface area contributed by atoms with Gasteiger partial charge < -0.3 is 10.2 Å². The predicted molar refractivity (Wildman–Crippen MR) is 64.6 cm³/mol. The minimum absolute atomic E-state index is 0.0214. The Labute approximate surface area is 99.0 Å². The molecule has 0 radical (unpaired) electrons. The smallest absolute Gasteiger partial charge is 0.249 e. The summed E-state index contributed by atoms with van der Waals surface area (Å²) in [7, 11) is 0. The van der Waals surface area contributed by atoms with E-state index in [1.165, 1.54) is 25.7 Å². The Morgan fingerprint density at radius 1 is 1.40 bits per heavy atom. The Morgan fingerprint density at radius 2 is 2.13 bits per heavy atom. The van der Waals surface area contributed by atoms with Crippen molar-refractivity contribution >= 4 is 35.0 Å². The highest BCUT2D eigenvalue weighted by molar-refractivity contribution is 8.00. The van der Waals surface area contributed by atoms with Gasteiger partial charge in [-0.2, -0.15) is 0 Å². The lowest BCUT2D eigenvalue weighted by atomic mass is 10.1. The van der Waals surface area contributed by atoms with Crippen LogP contribution in [0.4, 0.5) is 0 Å². The maximum Gasteiger partial charge on any atom is 0.249 e. The van der Waals surface area contributed by atoms with Crippen molar-refractivity contribution in [3.05, 3.63) is 0 Å². The maximum absolute atomic E-state index is 11.6. The largest absolute Gasteiger partial charge is 0.324 e. The number of amides is 1. The lowest BCUT2D eigenvalue weighted by molar-refractivity contribution is -0.120. The molecule has 15 heavy (non-hydrogen) atoms.